The van der Waals surface area contributed by atoms with E-state index in [1.165, 1.54) is 24.9 Å². The number of hydrogen-bond donors (Lipinski definition) is 1. The summed E-state index contributed by atoms with van der Waals surface area (Å²) in [7, 11) is 0.363. The highest BCUT2D eigenvalue weighted by atomic mass is 32.2. The van der Waals surface area contributed by atoms with Crippen molar-refractivity contribution in [3.8, 4) is 28.1 Å². The molecule has 1 fully saturated rings. The Bertz CT molecular complexity index is 1090. The number of pyridine rings is 1. The van der Waals surface area contributed by atoms with Crippen LogP contribution in [0.2, 0.25) is 0 Å². The van der Waals surface area contributed by atoms with Crippen molar-refractivity contribution in [2.75, 3.05) is 17.6 Å². The highest BCUT2D eigenvalue weighted by Gasteiger charge is 2.24. The second kappa shape index (κ2) is 12.0. The summed E-state index contributed by atoms with van der Waals surface area (Å²) in [5, 5.41) is 0.859. The molecule has 1 aliphatic carbocycles. The molecular weight excluding hydrogens is 458 g/mol. The Kier molecular flexibility index (Phi) is 9.13. The maximum Gasteiger partial charge on any atom is 0.259 e. The van der Waals surface area contributed by atoms with Crippen LogP contribution in [0.3, 0.4) is 0 Å². The van der Waals surface area contributed by atoms with Gasteiger partial charge in [-0.3, -0.25) is 4.72 Å². The van der Waals surface area contributed by atoms with Crippen molar-refractivity contribution in [1.29, 1.82) is 0 Å². The van der Waals surface area contributed by atoms with Crippen LogP contribution in [-0.4, -0.2) is 37.0 Å². The van der Waals surface area contributed by atoms with Gasteiger partial charge >= 0.3 is 0 Å². The maximum atomic E-state index is 12.2. The second-order valence-corrected chi connectivity index (χ2v) is 10.1. The van der Waals surface area contributed by atoms with Crippen LogP contribution in [0.25, 0.3) is 10.6 Å². The lowest BCUT2D eigenvalue weighted by molar-refractivity contribution is 0.361. The lowest BCUT2D eigenvalue weighted by atomic mass is 10.3. The van der Waals surface area contributed by atoms with Gasteiger partial charge in [-0.15, -0.1) is 11.3 Å². The molecule has 0 radical (unpaired) electrons. The zero-order valence-corrected chi connectivity index (χ0v) is 21.4. The molecule has 1 N–H and O–H groups in total. The zero-order chi connectivity index (χ0) is 23.8. The third kappa shape index (κ3) is 7.20. The first-order valence-corrected chi connectivity index (χ1v) is 13.3. The summed E-state index contributed by atoms with van der Waals surface area (Å²) in [5.41, 5.74) is 0.767. The van der Waals surface area contributed by atoms with Crippen LogP contribution in [0.5, 0.6) is 17.5 Å². The number of hydrogen-bond acceptors (Lipinski definition) is 8. The molecule has 3 heterocycles. The minimum atomic E-state index is -1.16. The summed E-state index contributed by atoms with van der Waals surface area (Å²) in [6.45, 7) is 8.18. The predicted octanol–water partition coefficient (Wildman–Crippen LogP) is 5.57. The van der Waals surface area contributed by atoms with E-state index in [-0.39, 0.29) is 5.88 Å². The summed E-state index contributed by atoms with van der Waals surface area (Å²) in [6.07, 6.45) is 6.04. The zero-order valence-electron chi connectivity index (χ0n) is 19.8. The molecule has 1 unspecified atom stereocenters. The van der Waals surface area contributed by atoms with Gasteiger partial charge in [0.15, 0.2) is 5.75 Å². The van der Waals surface area contributed by atoms with Crippen LogP contribution >= 0.6 is 11.3 Å². The van der Waals surface area contributed by atoms with Gasteiger partial charge in [-0.05, 0) is 43.9 Å². The van der Waals surface area contributed by atoms with Crippen molar-refractivity contribution < 1.29 is 13.7 Å². The SMILES string of the molecule is CCC.CCc1nccc(-c2sc(C)nc2Oc2ccc(NS(=O)CC3CC3)nc2OC)n1. The van der Waals surface area contributed by atoms with Crippen LogP contribution in [0.15, 0.2) is 24.4 Å². The maximum absolute atomic E-state index is 12.2. The summed E-state index contributed by atoms with van der Waals surface area (Å²) in [6, 6.07) is 5.30. The second-order valence-electron chi connectivity index (χ2n) is 7.65. The molecule has 1 atom stereocenters. The number of nitrogens with zero attached hydrogens (tertiary/aromatic N) is 4. The minimum Gasteiger partial charge on any atom is -0.478 e. The number of anilines is 1. The lowest BCUT2D eigenvalue weighted by Gasteiger charge is -2.11. The van der Waals surface area contributed by atoms with E-state index in [9.17, 15) is 4.21 Å². The minimum absolute atomic E-state index is 0.289. The third-order valence-corrected chi connectivity index (χ3v) is 6.67. The highest BCUT2D eigenvalue weighted by Crippen LogP contribution is 2.39. The van der Waals surface area contributed by atoms with Crippen LogP contribution < -0.4 is 14.2 Å². The number of nitrogens with one attached hydrogen (secondary N) is 1. The van der Waals surface area contributed by atoms with Crippen molar-refractivity contribution >= 4 is 28.1 Å². The number of aryl methyl sites for hydroxylation is 2. The molecule has 3 aromatic rings. The van der Waals surface area contributed by atoms with Gasteiger partial charge in [0.25, 0.3) is 5.88 Å². The number of thiazole rings is 1. The van der Waals surface area contributed by atoms with Crippen molar-refractivity contribution in [2.24, 2.45) is 5.92 Å². The molecule has 4 rings (SSSR count). The van der Waals surface area contributed by atoms with E-state index in [0.29, 0.717) is 29.1 Å². The standard InChI is InChI=1S/C20H23N5O3S2.C3H8/c1-4-16-21-10-9-14(23-16)18-20(22-12(2)29-18)28-15-7-8-17(24-19(15)27-3)25-30(26)11-13-5-6-13;1-3-2/h7-10,13H,4-6,11H2,1-3H3,(H,24,25);3H2,1-2H3. The fourth-order valence-corrected chi connectivity index (χ4v) is 4.81. The van der Waals surface area contributed by atoms with Gasteiger partial charge in [0.05, 0.1) is 17.8 Å². The molecule has 0 aromatic carbocycles. The first-order chi connectivity index (χ1) is 16.0. The van der Waals surface area contributed by atoms with Crippen LogP contribution in [0.1, 0.15) is 50.9 Å². The molecule has 1 saturated carbocycles. The van der Waals surface area contributed by atoms with Gasteiger partial charge < -0.3 is 9.47 Å². The molecule has 10 heteroatoms. The Balaban J connectivity index is 0.000000968. The van der Waals surface area contributed by atoms with Crippen LogP contribution in [-0.2, 0) is 17.4 Å². The van der Waals surface area contributed by atoms with Gasteiger partial charge in [0.1, 0.15) is 27.5 Å². The van der Waals surface area contributed by atoms with E-state index in [0.717, 1.165) is 40.7 Å². The first kappa shape index (κ1) is 25.0. The smallest absolute Gasteiger partial charge is 0.259 e. The van der Waals surface area contributed by atoms with E-state index in [4.69, 9.17) is 9.47 Å². The predicted molar refractivity (Wildman–Crippen MR) is 133 cm³/mol. The Morgan fingerprint density at radius 1 is 1.12 bits per heavy atom. The number of rotatable bonds is 9. The summed E-state index contributed by atoms with van der Waals surface area (Å²) in [4.78, 5) is 18.6. The van der Waals surface area contributed by atoms with E-state index in [2.05, 4.69) is 38.5 Å². The highest BCUT2D eigenvalue weighted by molar-refractivity contribution is 7.86. The molecular formula is C23H31N5O3S2. The van der Waals surface area contributed by atoms with Gasteiger partial charge in [0, 0.05) is 18.4 Å². The number of ether oxygens (including phenoxy) is 2. The van der Waals surface area contributed by atoms with Gasteiger partial charge in [-0.1, -0.05) is 27.2 Å². The third-order valence-electron chi connectivity index (χ3n) is 4.49. The fraction of sp³-hybridized carbons (Fsp3) is 0.478. The Morgan fingerprint density at radius 3 is 2.55 bits per heavy atom. The van der Waals surface area contributed by atoms with Gasteiger partial charge in [0.2, 0.25) is 5.88 Å². The van der Waals surface area contributed by atoms with Gasteiger partial charge in [-0.25, -0.2) is 19.2 Å². The summed E-state index contributed by atoms with van der Waals surface area (Å²) < 4.78 is 26.5. The largest absolute Gasteiger partial charge is 0.478 e. The fourth-order valence-electron chi connectivity index (χ4n) is 2.80. The van der Waals surface area contributed by atoms with E-state index >= 15 is 0 Å². The molecule has 0 spiro atoms. The average Bonchev–Trinajstić information content (AvgIpc) is 3.54. The first-order valence-electron chi connectivity index (χ1n) is 11.1. The Labute approximate surface area is 201 Å². The lowest BCUT2D eigenvalue weighted by Crippen LogP contribution is -2.11. The Morgan fingerprint density at radius 2 is 1.88 bits per heavy atom. The summed E-state index contributed by atoms with van der Waals surface area (Å²) >= 11 is 1.50. The van der Waals surface area contributed by atoms with E-state index in [1.807, 2.05) is 19.9 Å². The van der Waals surface area contributed by atoms with Crippen molar-refractivity contribution in [2.45, 2.75) is 53.4 Å². The molecule has 1 aliphatic rings. The normalized spacial score (nSPS) is 13.6. The average molecular weight is 490 g/mol. The molecule has 0 bridgehead atoms. The molecule has 8 nitrogen and oxygen atoms in total. The van der Waals surface area contributed by atoms with Crippen molar-refractivity contribution in [3.63, 3.8) is 0 Å². The molecule has 33 heavy (non-hydrogen) atoms. The molecule has 3 aromatic heterocycles. The molecule has 0 amide bonds. The van der Waals surface area contributed by atoms with Crippen molar-refractivity contribution in [1.82, 2.24) is 19.9 Å². The van der Waals surface area contributed by atoms with Crippen LogP contribution in [0, 0.1) is 12.8 Å². The Hall–Kier alpha value is -2.59. The van der Waals surface area contributed by atoms with Crippen molar-refractivity contribution in [3.05, 3.63) is 35.2 Å². The van der Waals surface area contributed by atoms with E-state index in [1.54, 1.807) is 18.3 Å². The molecule has 0 aliphatic heterocycles. The molecule has 0 saturated heterocycles. The topological polar surface area (TPSA) is 99.1 Å². The number of aromatic nitrogens is 4. The quantitative estimate of drug-likeness (QED) is 0.419. The number of methoxy groups -OCH3 is 1. The molecule has 178 valence electrons. The van der Waals surface area contributed by atoms with Crippen LogP contribution in [0.4, 0.5) is 5.82 Å². The van der Waals surface area contributed by atoms with Gasteiger partial charge in [-0.2, -0.15) is 4.98 Å². The van der Waals surface area contributed by atoms with E-state index < -0.39 is 11.0 Å². The summed E-state index contributed by atoms with van der Waals surface area (Å²) in [5.74, 6) is 3.60. The monoisotopic (exact) mass is 489 g/mol.